The Morgan fingerprint density at radius 3 is 2.42 bits per heavy atom. The van der Waals surface area contributed by atoms with E-state index in [1.54, 1.807) is 6.07 Å². The average molecular weight is 352 g/mol. The van der Waals surface area contributed by atoms with Crippen LogP contribution in [0.2, 0.25) is 0 Å². The first-order chi connectivity index (χ1) is 12.8. The van der Waals surface area contributed by atoms with E-state index in [1.807, 2.05) is 6.07 Å². The first kappa shape index (κ1) is 20.2. The molecule has 0 fully saturated rings. The summed E-state index contributed by atoms with van der Waals surface area (Å²) in [5.74, 6) is 6.06. The highest BCUT2D eigenvalue weighted by Crippen LogP contribution is 2.12. The fraction of sp³-hybridized carbons (Fsp3) is 0.458. The number of aryl methyl sites for hydroxylation is 2. The van der Waals surface area contributed by atoms with Crippen LogP contribution in [0.4, 0.5) is 4.39 Å². The van der Waals surface area contributed by atoms with Crippen molar-refractivity contribution in [1.82, 2.24) is 4.98 Å². The van der Waals surface area contributed by atoms with E-state index in [1.165, 1.54) is 37.3 Å². The van der Waals surface area contributed by atoms with Gasteiger partial charge in [-0.1, -0.05) is 75.3 Å². The quantitative estimate of drug-likeness (QED) is 0.352. The number of hydrogen-bond donors (Lipinski definition) is 0. The smallest absolute Gasteiger partial charge is 0.144 e. The Bertz CT molecular complexity index is 697. The van der Waals surface area contributed by atoms with Gasteiger partial charge in [-0.25, -0.2) is 9.37 Å². The molecular weight excluding hydrogens is 321 g/mol. The number of unbranched alkanes of at least 4 members (excludes halogenated alkanes) is 6. The van der Waals surface area contributed by atoms with Crippen LogP contribution in [0.5, 0.6) is 0 Å². The fourth-order valence-electron chi connectivity index (χ4n) is 2.98. The number of benzene rings is 1. The van der Waals surface area contributed by atoms with Gasteiger partial charge in [0.25, 0.3) is 0 Å². The van der Waals surface area contributed by atoms with Crippen LogP contribution in [-0.2, 0) is 12.8 Å². The van der Waals surface area contributed by atoms with Crippen molar-refractivity contribution in [2.45, 2.75) is 71.1 Å². The molecule has 0 N–H and O–H groups in total. The van der Waals surface area contributed by atoms with Crippen LogP contribution in [0.15, 0.2) is 42.5 Å². The summed E-state index contributed by atoms with van der Waals surface area (Å²) in [6.45, 7) is 2.22. The van der Waals surface area contributed by atoms with E-state index in [-0.39, 0.29) is 5.82 Å². The number of pyridine rings is 1. The van der Waals surface area contributed by atoms with E-state index in [0.717, 1.165) is 32.1 Å². The van der Waals surface area contributed by atoms with E-state index >= 15 is 0 Å². The van der Waals surface area contributed by atoms with Gasteiger partial charge in [0.15, 0.2) is 0 Å². The van der Waals surface area contributed by atoms with E-state index in [0.29, 0.717) is 17.8 Å². The molecule has 0 aliphatic heterocycles. The van der Waals surface area contributed by atoms with Gasteiger partial charge in [-0.15, -0.1) is 0 Å². The first-order valence-electron chi connectivity index (χ1n) is 9.98. The molecule has 0 aliphatic rings. The minimum Gasteiger partial charge on any atom is -0.241 e. The SMILES string of the molecule is CCCCCCCCc1nc(C#CCCCc2ccccc2)ccc1F. The number of hydrogen-bond acceptors (Lipinski definition) is 1. The second-order valence-electron chi connectivity index (χ2n) is 6.78. The average Bonchev–Trinajstić information content (AvgIpc) is 2.67. The van der Waals surface area contributed by atoms with Crippen LogP contribution >= 0.6 is 0 Å². The molecule has 1 aromatic carbocycles. The van der Waals surface area contributed by atoms with Gasteiger partial charge < -0.3 is 0 Å². The summed E-state index contributed by atoms with van der Waals surface area (Å²) in [4.78, 5) is 4.41. The predicted molar refractivity (Wildman–Crippen MR) is 108 cm³/mol. The lowest BCUT2D eigenvalue weighted by Crippen LogP contribution is -1.98. The van der Waals surface area contributed by atoms with Crippen molar-refractivity contribution < 1.29 is 4.39 Å². The molecule has 0 bridgehead atoms. The van der Waals surface area contributed by atoms with Gasteiger partial charge in [0.05, 0.1) is 5.69 Å². The molecule has 0 amide bonds. The Hall–Kier alpha value is -2.14. The van der Waals surface area contributed by atoms with Gasteiger partial charge in [-0.3, -0.25) is 0 Å². The van der Waals surface area contributed by atoms with Crippen LogP contribution in [0.3, 0.4) is 0 Å². The molecule has 0 spiro atoms. The van der Waals surface area contributed by atoms with Crippen molar-refractivity contribution in [2.24, 2.45) is 0 Å². The Balaban J connectivity index is 1.75. The molecule has 0 atom stereocenters. The summed E-state index contributed by atoms with van der Waals surface area (Å²) in [6, 6.07) is 13.6. The number of halogens is 1. The topological polar surface area (TPSA) is 12.9 Å². The van der Waals surface area contributed by atoms with E-state index < -0.39 is 0 Å². The summed E-state index contributed by atoms with van der Waals surface area (Å²) in [5.41, 5.74) is 2.60. The fourth-order valence-corrected chi connectivity index (χ4v) is 2.98. The molecule has 0 saturated carbocycles. The van der Waals surface area contributed by atoms with Gasteiger partial charge in [-0.05, 0) is 49.3 Å². The zero-order valence-electron chi connectivity index (χ0n) is 15.9. The molecule has 0 unspecified atom stereocenters. The molecule has 0 saturated heterocycles. The molecule has 138 valence electrons. The van der Waals surface area contributed by atoms with Crippen LogP contribution in [0.1, 0.15) is 75.2 Å². The summed E-state index contributed by atoms with van der Waals surface area (Å²) in [5, 5.41) is 0. The molecule has 26 heavy (non-hydrogen) atoms. The highest BCUT2D eigenvalue weighted by Gasteiger charge is 2.04. The standard InChI is InChI=1S/C24H30FN/c1-2-3-4-5-6-13-18-24-23(25)20-19-22(26-24)17-12-8-11-16-21-14-9-7-10-15-21/h7,9-10,14-15,19-20H,2-6,8,11,13,16,18H2,1H3. The van der Waals surface area contributed by atoms with Gasteiger partial charge in [-0.2, -0.15) is 0 Å². The Morgan fingerprint density at radius 1 is 0.846 bits per heavy atom. The zero-order chi connectivity index (χ0) is 18.5. The van der Waals surface area contributed by atoms with Crippen LogP contribution < -0.4 is 0 Å². The third-order valence-electron chi connectivity index (χ3n) is 4.51. The molecule has 1 nitrogen and oxygen atoms in total. The third-order valence-corrected chi connectivity index (χ3v) is 4.51. The summed E-state index contributed by atoms with van der Waals surface area (Å²) >= 11 is 0. The maximum atomic E-state index is 13.9. The van der Waals surface area contributed by atoms with E-state index in [2.05, 4.69) is 48.0 Å². The van der Waals surface area contributed by atoms with Crippen molar-refractivity contribution in [3.05, 3.63) is 65.2 Å². The summed E-state index contributed by atoms with van der Waals surface area (Å²) < 4.78 is 13.9. The molecule has 1 aromatic heterocycles. The molecular formula is C24H30FN. The minimum atomic E-state index is -0.201. The lowest BCUT2D eigenvalue weighted by Gasteiger charge is -2.03. The van der Waals surface area contributed by atoms with Gasteiger partial charge in [0, 0.05) is 6.42 Å². The molecule has 0 radical (unpaired) electrons. The highest BCUT2D eigenvalue weighted by molar-refractivity contribution is 5.29. The second kappa shape index (κ2) is 12.3. The highest BCUT2D eigenvalue weighted by atomic mass is 19.1. The van der Waals surface area contributed by atoms with Gasteiger partial charge >= 0.3 is 0 Å². The monoisotopic (exact) mass is 351 g/mol. The van der Waals surface area contributed by atoms with Crippen molar-refractivity contribution in [2.75, 3.05) is 0 Å². The summed E-state index contributed by atoms with van der Waals surface area (Å²) in [6.07, 6.45) is 10.8. The number of rotatable bonds is 10. The molecule has 2 aromatic rings. The molecule has 2 heteroatoms. The Labute approximate surface area is 158 Å². The molecule has 2 rings (SSSR count). The van der Waals surface area contributed by atoms with E-state index in [4.69, 9.17) is 0 Å². The van der Waals surface area contributed by atoms with Crippen molar-refractivity contribution in [3.63, 3.8) is 0 Å². The lowest BCUT2D eigenvalue weighted by molar-refractivity contribution is 0.570. The van der Waals surface area contributed by atoms with Crippen molar-refractivity contribution in [3.8, 4) is 11.8 Å². The number of nitrogens with zero attached hydrogens (tertiary/aromatic N) is 1. The van der Waals surface area contributed by atoms with Crippen LogP contribution in [0, 0.1) is 17.7 Å². The third kappa shape index (κ3) is 7.83. The van der Waals surface area contributed by atoms with Crippen LogP contribution in [0.25, 0.3) is 0 Å². The zero-order valence-corrected chi connectivity index (χ0v) is 15.9. The van der Waals surface area contributed by atoms with Crippen molar-refractivity contribution in [1.29, 1.82) is 0 Å². The van der Waals surface area contributed by atoms with Gasteiger partial charge in [0.1, 0.15) is 11.5 Å². The second-order valence-corrected chi connectivity index (χ2v) is 6.78. The first-order valence-corrected chi connectivity index (χ1v) is 9.98. The lowest BCUT2D eigenvalue weighted by atomic mass is 10.1. The summed E-state index contributed by atoms with van der Waals surface area (Å²) in [7, 11) is 0. The minimum absolute atomic E-state index is 0.201. The molecule has 1 heterocycles. The number of aromatic nitrogens is 1. The Morgan fingerprint density at radius 2 is 1.62 bits per heavy atom. The maximum Gasteiger partial charge on any atom is 0.144 e. The van der Waals surface area contributed by atoms with Crippen molar-refractivity contribution >= 4 is 0 Å². The predicted octanol–water partition coefficient (Wildman–Crippen LogP) is 6.50. The Kier molecular flexibility index (Phi) is 9.51. The maximum absolute atomic E-state index is 13.9. The van der Waals surface area contributed by atoms with Crippen LogP contribution in [-0.4, -0.2) is 4.98 Å². The largest absolute Gasteiger partial charge is 0.241 e. The van der Waals surface area contributed by atoms with E-state index in [9.17, 15) is 4.39 Å². The van der Waals surface area contributed by atoms with Gasteiger partial charge in [0.2, 0.25) is 0 Å². The molecule has 0 aliphatic carbocycles. The normalized spacial score (nSPS) is 10.4.